The number of carbonyl (C=O) groups is 1. The van der Waals surface area contributed by atoms with Gasteiger partial charge in [-0.3, -0.25) is 9.78 Å². The van der Waals surface area contributed by atoms with Gasteiger partial charge in [0, 0.05) is 17.8 Å². The van der Waals surface area contributed by atoms with Crippen LogP contribution in [0.15, 0.2) is 42.6 Å². The Morgan fingerprint density at radius 2 is 1.86 bits per heavy atom. The Bertz CT molecular complexity index is 596. The molecule has 0 bridgehead atoms. The smallest absolute Gasteiger partial charge is 0.224 e. The van der Waals surface area contributed by atoms with Crippen molar-refractivity contribution in [3.05, 3.63) is 54.1 Å². The number of hydrogen-bond acceptors (Lipinski definition) is 3. The predicted octanol–water partition coefficient (Wildman–Crippen LogP) is 3.74. The third kappa shape index (κ3) is 4.27. The molecular formula is C16H18FN3O. The van der Waals surface area contributed by atoms with Gasteiger partial charge in [-0.25, -0.2) is 4.39 Å². The molecule has 2 rings (SSSR count). The summed E-state index contributed by atoms with van der Waals surface area (Å²) in [5.41, 5.74) is 2.43. The summed E-state index contributed by atoms with van der Waals surface area (Å²) in [7, 11) is 0. The number of aromatic nitrogens is 1. The summed E-state index contributed by atoms with van der Waals surface area (Å²) in [4.78, 5) is 15.3. The fourth-order valence-electron chi connectivity index (χ4n) is 1.87. The van der Waals surface area contributed by atoms with E-state index in [0.29, 0.717) is 6.42 Å². The van der Waals surface area contributed by atoms with Crippen LogP contribution in [0.3, 0.4) is 0 Å². The van der Waals surface area contributed by atoms with Crippen molar-refractivity contribution in [1.29, 1.82) is 0 Å². The van der Waals surface area contributed by atoms with Crippen molar-refractivity contribution in [1.82, 2.24) is 4.98 Å². The number of pyridine rings is 1. The Kier molecular flexibility index (Phi) is 4.87. The van der Waals surface area contributed by atoms with E-state index in [0.717, 1.165) is 17.1 Å². The average Bonchev–Trinajstić information content (AvgIpc) is 2.49. The van der Waals surface area contributed by atoms with E-state index in [1.165, 1.54) is 12.3 Å². The molecule has 1 amide bonds. The summed E-state index contributed by atoms with van der Waals surface area (Å²) >= 11 is 0. The maximum Gasteiger partial charge on any atom is 0.224 e. The molecule has 1 aromatic carbocycles. The molecule has 1 aromatic heterocycles. The maximum absolute atomic E-state index is 12.8. The van der Waals surface area contributed by atoms with Gasteiger partial charge in [0.25, 0.3) is 0 Å². The van der Waals surface area contributed by atoms with Crippen LogP contribution in [0, 0.1) is 5.82 Å². The number of hydrogen-bond donors (Lipinski definition) is 2. The van der Waals surface area contributed by atoms with Crippen LogP contribution in [0.2, 0.25) is 0 Å². The largest absolute Gasteiger partial charge is 0.377 e. The van der Waals surface area contributed by atoms with Crippen LogP contribution in [-0.4, -0.2) is 10.9 Å². The van der Waals surface area contributed by atoms with Crippen molar-refractivity contribution in [3.63, 3.8) is 0 Å². The molecule has 0 aliphatic carbocycles. The zero-order valence-corrected chi connectivity index (χ0v) is 12.1. The van der Waals surface area contributed by atoms with E-state index in [4.69, 9.17) is 0 Å². The summed E-state index contributed by atoms with van der Waals surface area (Å²) in [5, 5.41) is 6.06. The van der Waals surface area contributed by atoms with E-state index in [-0.39, 0.29) is 17.8 Å². The normalized spacial score (nSPS) is 11.8. The molecule has 21 heavy (non-hydrogen) atoms. The molecule has 0 aliphatic heterocycles. The standard InChI is InChI=1S/C16H18FN3O/c1-3-16(21)20-14-7-5-13(6-8-14)19-11(2)15-9-4-12(17)10-18-15/h4-11,19H,3H2,1-2H3,(H,20,21). The fourth-order valence-corrected chi connectivity index (χ4v) is 1.87. The number of benzene rings is 1. The number of anilines is 2. The van der Waals surface area contributed by atoms with Gasteiger partial charge >= 0.3 is 0 Å². The van der Waals surface area contributed by atoms with Gasteiger partial charge < -0.3 is 10.6 Å². The van der Waals surface area contributed by atoms with E-state index in [1.807, 2.05) is 38.1 Å². The van der Waals surface area contributed by atoms with Crippen LogP contribution in [0.25, 0.3) is 0 Å². The molecule has 0 spiro atoms. The van der Waals surface area contributed by atoms with Crippen LogP contribution in [-0.2, 0) is 4.79 Å². The first-order chi connectivity index (χ1) is 10.1. The lowest BCUT2D eigenvalue weighted by atomic mass is 10.2. The Hall–Kier alpha value is -2.43. The van der Waals surface area contributed by atoms with E-state index >= 15 is 0 Å². The molecule has 2 N–H and O–H groups in total. The highest BCUT2D eigenvalue weighted by molar-refractivity contribution is 5.90. The van der Waals surface area contributed by atoms with Gasteiger partial charge in [-0.15, -0.1) is 0 Å². The molecule has 1 atom stereocenters. The number of carbonyl (C=O) groups excluding carboxylic acids is 1. The van der Waals surface area contributed by atoms with Crippen molar-refractivity contribution >= 4 is 17.3 Å². The fraction of sp³-hybridized carbons (Fsp3) is 0.250. The third-order valence-corrected chi connectivity index (χ3v) is 3.07. The van der Waals surface area contributed by atoms with E-state index in [2.05, 4.69) is 15.6 Å². The minimum Gasteiger partial charge on any atom is -0.377 e. The first-order valence-corrected chi connectivity index (χ1v) is 6.86. The highest BCUT2D eigenvalue weighted by Crippen LogP contribution is 2.19. The Morgan fingerprint density at radius 1 is 1.19 bits per heavy atom. The molecule has 2 aromatic rings. The Labute approximate surface area is 123 Å². The lowest BCUT2D eigenvalue weighted by Gasteiger charge is -2.15. The van der Waals surface area contributed by atoms with Gasteiger partial charge in [0.15, 0.2) is 0 Å². The van der Waals surface area contributed by atoms with Crippen LogP contribution in [0.5, 0.6) is 0 Å². The SMILES string of the molecule is CCC(=O)Nc1ccc(NC(C)c2ccc(F)cn2)cc1. The van der Waals surface area contributed by atoms with Gasteiger partial charge in [-0.05, 0) is 43.3 Å². The molecule has 5 heteroatoms. The van der Waals surface area contributed by atoms with Crippen molar-refractivity contribution < 1.29 is 9.18 Å². The lowest BCUT2D eigenvalue weighted by Crippen LogP contribution is -2.10. The van der Waals surface area contributed by atoms with E-state index in [1.54, 1.807) is 6.07 Å². The summed E-state index contributed by atoms with van der Waals surface area (Å²) in [5.74, 6) is -0.360. The topological polar surface area (TPSA) is 54.0 Å². The summed E-state index contributed by atoms with van der Waals surface area (Å²) in [6.07, 6.45) is 1.66. The van der Waals surface area contributed by atoms with Gasteiger partial charge in [-0.1, -0.05) is 6.92 Å². The van der Waals surface area contributed by atoms with Crippen molar-refractivity contribution in [2.24, 2.45) is 0 Å². The second-order valence-electron chi connectivity index (χ2n) is 4.75. The number of amides is 1. The second-order valence-corrected chi connectivity index (χ2v) is 4.75. The second kappa shape index (κ2) is 6.83. The van der Waals surface area contributed by atoms with Crippen molar-refractivity contribution in [2.45, 2.75) is 26.3 Å². The van der Waals surface area contributed by atoms with E-state index in [9.17, 15) is 9.18 Å². The molecule has 0 radical (unpaired) electrons. The minimum atomic E-state index is -0.345. The third-order valence-electron chi connectivity index (χ3n) is 3.07. The molecular weight excluding hydrogens is 269 g/mol. The first kappa shape index (κ1) is 15.0. The molecule has 0 saturated carbocycles. The van der Waals surface area contributed by atoms with E-state index < -0.39 is 0 Å². The van der Waals surface area contributed by atoms with Crippen LogP contribution in [0.4, 0.5) is 15.8 Å². The summed E-state index contributed by atoms with van der Waals surface area (Å²) < 4.78 is 12.8. The summed E-state index contributed by atoms with van der Waals surface area (Å²) in [6.45, 7) is 3.76. The monoisotopic (exact) mass is 287 g/mol. The highest BCUT2D eigenvalue weighted by atomic mass is 19.1. The predicted molar refractivity (Wildman–Crippen MR) is 81.6 cm³/mol. The molecule has 1 unspecified atom stereocenters. The first-order valence-electron chi connectivity index (χ1n) is 6.86. The van der Waals surface area contributed by atoms with Crippen LogP contribution < -0.4 is 10.6 Å². The van der Waals surface area contributed by atoms with Gasteiger partial charge in [0.2, 0.25) is 5.91 Å². The number of rotatable bonds is 5. The molecule has 0 saturated heterocycles. The molecule has 0 aliphatic rings. The highest BCUT2D eigenvalue weighted by Gasteiger charge is 2.07. The minimum absolute atomic E-state index is 0.0143. The molecule has 110 valence electrons. The van der Waals surface area contributed by atoms with Gasteiger partial charge in [-0.2, -0.15) is 0 Å². The zero-order valence-electron chi connectivity index (χ0n) is 12.1. The number of nitrogens with one attached hydrogen (secondary N) is 2. The number of nitrogens with zero attached hydrogens (tertiary/aromatic N) is 1. The van der Waals surface area contributed by atoms with Gasteiger partial charge in [0.1, 0.15) is 5.82 Å². The average molecular weight is 287 g/mol. The Morgan fingerprint density at radius 3 is 2.43 bits per heavy atom. The van der Waals surface area contributed by atoms with Crippen molar-refractivity contribution in [3.8, 4) is 0 Å². The zero-order chi connectivity index (χ0) is 15.2. The lowest BCUT2D eigenvalue weighted by molar-refractivity contribution is -0.115. The van der Waals surface area contributed by atoms with Crippen LogP contribution >= 0.6 is 0 Å². The molecule has 0 fully saturated rings. The number of halogens is 1. The van der Waals surface area contributed by atoms with Crippen molar-refractivity contribution in [2.75, 3.05) is 10.6 Å². The molecule has 1 heterocycles. The quantitative estimate of drug-likeness (QED) is 0.880. The maximum atomic E-state index is 12.8. The van der Waals surface area contributed by atoms with Gasteiger partial charge in [0.05, 0.1) is 17.9 Å². The summed E-state index contributed by atoms with van der Waals surface area (Å²) in [6, 6.07) is 10.4. The molecule has 4 nitrogen and oxygen atoms in total. The Balaban J connectivity index is 1.99. The van der Waals surface area contributed by atoms with Crippen LogP contribution in [0.1, 0.15) is 32.0 Å².